The van der Waals surface area contributed by atoms with E-state index in [9.17, 15) is 8.78 Å². The maximum absolute atomic E-state index is 14.1. The molecule has 2 aromatic carbocycles. The third-order valence-corrected chi connectivity index (χ3v) is 5.07. The molecule has 0 saturated heterocycles. The Balaban J connectivity index is 1.57. The maximum Gasteiger partial charge on any atom is 0.151 e. The van der Waals surface area contributed by atoms with Crippen molar-refractivity contribution in [1.82, 2.24) is 0 Å². The van der Waals surface area contributed by atoms with Crippen LogP contribution in [0.2, 0.25) is 0 Å². The highest BCUT2D eigenvalue weighted by Crippen LogP contribution is 2.34. The topological polar surface area (TPSA) is 12.4 Å². The Labute approximate surface area is 162 Å². The minimum Gasteiger partial charge on any atom is -0.206 e. The number of nitrogens with zero attached hydrogens (tertiary/aromatic N) is 1. The molecule has 4 heteroatoms. The van der Waals surface area contributed by atoms with Crippen LogP contribution in [-0.2, 0) is 12.8 Å². The van der Waals surface area contributed by atoms with Crippen molar-refractivity contribution >= 4 is 29.1 Å². The van der Waals surface area contributed by atoms with Crippen LogP contribution in [0, 0.1) is 29.4 Å². The molecule has 0 amide bonds. The van der Waals surface area contributed by atoms with E-state index in [0.717, 1.165) is 36.5 Å². The third-order valence-electron chi connectivity index (χ3n) is 4.98. The van der Waals surface area contributed by atoms with Crippen molar-refractivity contribution in [2.45, 2.75) is 32.1 Å². The van der Waals surface area contributed by atoms with Crippen molar-refractivity contribution in [3.8, 4) is 11.8 Å². The summed E-state index contributed by atoms with van der Waals surface area (Å²) in [6.45, 7) is 0. The lowest BCUT2D eigenvalue weighted by molar-refractivity contribution is 0.599. The Morgan fingerprint density at radius 3 is 2.67 bits per heavy atom. The molecule has 4 rings (SSSR count). The monoisotopic (exact) mass is 377 g/mol. The molecule has 134 valence electrons. The smallest absolute Gasteiger partial charge is 0.151 e. The van der Waals surface area contributed by atoms with Crippen molar-refractivity contribution in [3.05, 3.63) is 69.8 Å². The fourth-order valence-corrected chi connectivity index (χ4v) is 3.44. The van der Waals surface area contributed by atoms with Gasteiger partial charge >= 0.3 is 0 Å². The molecule has 0 aromatic heterocycles. The Bertz CT molecular complexity index is 1050. The Morgan fingerprint density at radius 2 is 1.89 bits per heavy atom. The first-order valence-electron chi connectivity index (χ1n) is 9.03. The molecule has 0 heterocycles. The number of thiocarbonyl (C=S) groups is 1. The standard InChI is InChI=1S/C23H17F2NS/c24-21-13-23(26-14-27)22(25)12-20(21)8-4-16-3-6-19-11-17(9-15-1-2-15)5-7-18(19)10-16/h5,7,10-13,15H,1-3,6,9H2. The number of isothiocyanates is 1. The lowest BCUT2D eigenvalue weighted by atomic mass is 9.90. The van der Waals surface area contributed by atoms with Crippen molar-refractivity contribution in [1.29, 1.82) is 0 Å². The first-order valence-corrected chi connectivity index (χ1v) is 9.44. The molecule has 2 aliphatic rings. The van der Waals surface area contributed by atoms with Gasteiger partial charge in [-0.15, -0.1) is 0 Å². The van der Waals surface area contributed by atoms with Crippen LogP contribution in [0.15, 0.2) is 40.9 Å². The van der Waals surface area contributed by atoms with E-state index < -0.39 is 11.6 Å². The molecular formula is C23H17F2NS. The Kier molecular flexibility index (Phi) is 4.99. The molecule has 0 bridgehead atoms. The number of rotatable bonds is 3. The third kappa shape index (κ3) is 4.22. The van der Waals surface area contributed by atoms with Crippen LogP contribution in [0.3, 0.4) is 0 Å². The van der Waals surface area contributed by atoms with Crippen LogP contribution >= 0.6 is 12.2 Å². The molecular weight excluding hydrogens is 360 g/mol. The predicted molar refractivity (Wildman–Crippen MR) is 107 cm³/mol. The second kappa shape index (κ2) is 7.56. The SMILES string of the molecule is Fc1cc(N=C=S)c(F)cc1C#CC1=Cc2ccc(CC3CC3)cc2CC1. The lowest BCUT2D eigenvalue weighted by Crippen LogP contribution is -2.00. The highest BCUT2D eigenvalue weighted by molar-refractivity contribution is 7.78. The van der Waals surface area contributed by atoms with E-state index in [0.29, 0.717) is 0 Å². The second-order valence-corrected chi connectivity index (χ2v) is 7.27. The molecule has 2 aromatic rings. The minimum atomic E-state index is -0.663. The summed E-state index contributed by atoms with van der Waals surface area (Å²) in [6.07, 6.45) is 7.67. The molecule has 0 aliphatic heterocycles. The van der Waals surface area contributed by atoms with Gasteiger partial charge in [0.2, 0.25) is 0 Å². The number of halogens is 2. The largest absolute Gasteiger partial charge is 0.206 e. The number of allylic oxidation sites excluding steroid dienone is 1. The van der Waals surface area contributed by atoms with Crippen LogP contribution in [0.25, 0.3) is 6.08 Å². The van der Waals surface area contributed by atoms with E-state index in [1.165, 1.54) is 36.0 Å². The summed E-state index contributed by atoms with van der Waals surface area (Å²) in [5.74, 6) is 5.34. The molecule has 0 unspecified atom stereocenters. The summed E-state index contributed by atoms with van der Waals surface area (Å²) in [6, 6.07) is 8.68. The maximum atomic E-state index is 14.1. The number of fused-ring (bicyclic) bond motifs is 1. The van der Waals surface area contributed by atoms with Gasteiger partial charge in [-0.25, -0.2) is 8.78 Å². The molecule has 1 nitrogen and oxygen atoms in total. The molecule has 0 N–H and O–H groups in total. The van der Waals surface area contributed by atoms with Crippen molar-refractivity contribution < 1.29 is 8.78 Å². The summed E-state index contributed by atoms with van der Waals surface area (Å²) >= 11 is 4.43. The summed E-state index contributed by atoms with van der Waals surface area (Å²) < 4.78 is 28.0. The quantitative estimate of drug-likeness (QED) is 0.361. The first-order chi connectivity index (χ1) is 13.1. The van der Waals surface area contributed by atoms with Gasteiger partial charge in [0.25, 0.3) is 0 Å². The molecule has 0 spiro atoms. The fourth-order valence-electron chi connectivity index (χ4n) is 3.34. The first kappa shape index (κ1) is 17.8. The van der Waals surface area contributed by atoms with Crippen LogP contribution in [0.4, 0.5) is 14.5 Å². The van der Waals surface area contributed by atoms with Crippen LogP contribution in [0.1, 0.15) is 41.5 Å². The Hall–Kier alpha value is -2.60. The van der Waals surface area contributed by atoms with Crippen molar-refractivity contribution in [2.75, 3.05) is 0 Å². The van der Waals surface area contributed by atoms with E-state index in [-0.39, 0.29) is 11.3 Å². The van der Waals surface area contributed by atoms with Gasteiger partial charge in [-0.1, -0.05) is 30.0 Å². The molecule has 1 saturated carbocycles. The number of aliphatic imine (C=N–C) groups is 1. The second-order valence-electron chi connectivity index (χ2n) is 7.09. The summed E-state index contributed by atoms with van der Waals surface area (Å²) in [4.78, 5) is 3.50. The lowest BCUT2D eigenvalue weighted by Gasteiger charge is -2.14. The van der Waals surface area contributed by atoms with Gasteiger partial charge < -0.3 is 0 Å². The summed E-state index contributed by atoms with van der Waals surface area (Å²) in [7, 11) is 0. The van der Waals surface area contributed by atoms with Crippen molar-refractivity contribution in [2.24, 2.45) is 10.9 Å². The number of hydrogen-bond acceptors (Lipinski definition) is 2. The predicted octanol–water partition coefficient (Wildman–Crippen LogP) is 6.03. The van der Waals surface area contributed by atoms with Crippen LogP contribution in [-0.4, -0.2) is 5.16 Å². The highest BCUT2D eigenvalue weighted by Gasteiger charge is 2.22. The average molecular weight is 377 g/mol. The average Bonchev–Trinajstić information content (AvgIpc) is 3.47. The molecule has 27 heavy (non-hydrogen) atoms. The van der Waals surface area contributed by atoms with Gasteiger partial charge in [0.05, 0.1) is 10.7 Å². The summed E-state index contributed by atoms with van der Waals surface area (Å²) in [5.41, 5.74) is 4.71. The van der Waals surface area contributed by atoms with Gasteiger partial charge in [0, 0.05) is 11.6 Å². The zero-order valence-corrected chi connectivity index (χ0v) is 15.5. The van der Waals surface area contributed by atoms with Gasteiger partial charge in [-0.3, -0.25) is 0 Å². The van der Waals surface area contributed by atoms with Gasteiger partial charge in [0.1, 0.15) is 11.5 Å². The van der Waals surface area contributed by atoms with Gasteiger partial charge in [-0.05, 0) is 79.1 Å². The fraction of sp³-hybridized carbons (Fsp3) is 0.261. The zero-order valence-electron chi connectivity index (χ0n) is 14.7. The van der Waals surface area contributed by atoms with E-state index in [2.05, 4.69) is 47.3 Å². The van der Waals surface area contributed by atoms with E-state index >= 15 is 0 Å². The molecule has 0 radical (unpaired) electrons. The van der Waals surface area contributed by atoms with Crippen LogP contribution in [0.5, 0.6) is 0 Å². The van der Waals surface area contributed by atoms with Crippen LogP contribution < -0.4 is 0 Å². The van der Waals surface area contributed by atoms with Gasteiger partial charge in [0.15, 0.2) is 5.82 Å². The molecule has 1 fully saturated rings. The van der Waals surface area contributed by atoms with E-state index in [4.69, 9.17) is 0 Å². The van der Waals surface area contributed by atoms with E-state index in [1.54, 1.807) is 0 Å². The Morgan fingerprint density at radius 1 is 1.04 bits per heavy atom. The number of aryl methyl sites for hydroxylation is 1. The number of benzene rings is 2. The van der Waals surface area contributed by atoms with E-state index in [1.807, 2.05) is 11.2 Å². The van der Waals surface area contributed by atoms with Gasteiger partial charge in [-0.2, -0.15) is 4.99 Å². The normalized spacial score (nSPS) is 15.1. The molecule has 2 aliphatic carbocycles. The highest BCUT2D eigenvalue weighted by atomic mass is 32.1. The number of hydrogen-bond donors (Lipinski definition) is 0. The molecule has 0 atom stereocenters. The minimum absolute atomic E-state index is 0.0160. The zero-order chi connectivity index (χ0) is 18.8. The van der Waals surface area contributed by atoms with Crippen molar-refractivity contribution in [3.63, 3.8) is 0 Å². The summed E-state index contributed by atoms with van der Waals surface area (Å²) in [5, 5.41) is 2.04.